The fraction of sp³-hybridized carbons (Fsp3) is 0.409. The smallest absolute Gasteiger partial charge is 0.337 e. The fourth-order valence-electron chi connectivity index (χ4n) is 3.72. The van der Waals surface area contributed by atoms with Crippen LogP contribution in [0.2, 0.25) is 0 Å². The normalized spacial score (nSPS) is 20.8. The van der Waals surface area contributed by atoms with E-state index in [0.29, 0.717) is 12.0 Å². The molecule has 3 atom stereocenters. The van der Waals surface area contributed by atoms with Gasteiger partial charge in [-0.1, -0.05) is 29.9 Å². The Hall–Kier alpha value is -2.89. The molecule has 0 aliphatic heterocycles. The molecule has 0 aromatic heterocycles. The summed E-state index contributed by atoms with van der Waals surface area (Å²) in [4.78, 5) is 36.6. The second-order valence-corrected chi connectivity index (χ2v) is 6.85. The van der Waals surface area contributed by atoms with Gasteiger partial charge in [-0.15, -0.1) is 0 Å². The molecule has 0 unspecified atom stereocenters. The molecule has 2 rings (SSSR count). The van der Waals surface area contributed by atoms with Crippen LogP contribution in [0.5, 0.6) is 0 Å². The van der Waals surface area contributed by atoms with Gasteiger partial charge < -0.3 is 14.2 Å². The SMILES string of the molecule is COC(=O)c1ccc(C(=C(C)C)[C@H]2C=CC[C@@H](C(=O)OC)[C@@H]2C(=O)OC)cc1. The summed E-state index contributed by atoms with van der Waals surface area (Å²) in [5.41, 5.74) is 3.22. The summed E-state index contributed by atoms with van der Waals surface area (Å²) in [6.07, 6.45) is 4.26. The number of ether oxygens (including phenoxy) is 3. The highest BCUT2D eigenvalue weighted by Gasteiger charge is 2.43. The van der Waals surface area contributed by atoms with E-state index in [4.69, 9.17) is 14.2 Å². The van der Waals surface area contributed by atoms with Crippen molar-refractivity contribution in [3.05, 3.63) is 53.1 Å². The van der Waals surface area contributed by atoms with Gasteiger partial charge >= 0.3 is 17.9 Å². The van der Waals surface area contributed by atoms with E-state index in [9.17, 15) is 14.4 Å². The molecule has 1 aromatic carbocycles. The van der Waals surface area contributed by atoms with Crippen LogP contribution in [0.15, 0.2) is 42.0 Å². The second kappa shape index (κ2) is 9.35. The van der Waals surface area contributed by atoms with Crippen molar-refractivity contribution in [2.24, 2.45) is 17.8 Å². The van der Waals surface area contributed by atoms with Crippen molar-refractivity contribution in [3.63, 3.8) is 0 Å². The lowest BCUT2D eigenvalue weighted by atomic mass is 9.70. The number of allylic oxidation sites excluding steroid dienone is 4. The summed E-state index contributed by atoms with van der Waals surface area (Å²) in [6, 6.07) is 7.00. The first-order valence-corrected chi connectivity index (χ1v) is 9.04. The van der Waals surface area contributed by atoms with Crippen molar-refractivity contribution in [1.29, 1.82) is 0 Å². The van der Waals surface area contributed by atoms with Gasteiger partial charge in [0.2, 0.25) is 0 Å². The number of benzene rings is 1. The molecule has 150 valence electrons. The third-order valence-corrected chi connectivity index (χ3v) is 5.02. The molecule has 0 radical (unpaired) electrons. The number of rotatable bonds is 5. The van der Waals surface area contributed by atoms with Crippen LogP contribution in [-0.4, -0.2) is 39.2 Å². The standard InChI is InChI=1S/C22H26O6/c1-13(2)18(14-9-11-15(12-10-14)20(23)26-3)16-7-6-8-17(21(24)27-4)19(16)22(25)28-5/h6-7,9-12,16-17,19H,8H2,1-5H3/t16-,17-,19-/m1/s1. The molecule has 0 bridgehead atoms. The summed E-state index contributed by atoms with van der Waals surface area (Å²) in [7, 11) is 3.97. The summed E-state index contributed by atoms with van der Waals surface area (Å²) in [6.45, 7) is 3.90. The lowest BCUT2D eigenvalue weighted by Gasteiger charge is -2.33. The predicted molar refractivity (Wildman–Crippen MR) is 104 cm³/mol. The maximum Gasteiger partial charge on any atom is 0.337 e. The Morgan fingerprint density at radius 3 is 1.93 bits per heavy atom. The molecular weight excluding hydrogens is 360 g/mol. The van der Waals surface area contributed by atoms with Gasteiger partial charge in [0.25, 0.3) is 0 Å². The third kappa shape index (κ3) is 4.32. The number of esters is 3. The van der Waals surface area contributed by atoms with Crippen molar-refractivity contribution >= 4 is 23.5 Å². The Kier molecular flexibility index (Phi) is 7.15. The number of carbonyl (C=O) groups is 3. The minimum absolute atomic E-state index is 0.348. The Morgan fingerprint density at radius 2 is 1.43 bits per heavy atom. The second-order valence-electron chi connectivity index (χ2n) is 6.85. The third-order valence-electron chi connectivity index (χ3n) is 5.02. The highest BCUT2D eigenvalue weighted by Crippen LogP contribution is 2.41. The van der Waals surface area contributed by atoms with E-state index in [1.807, 2.05) is 38.1 Å². The molecule has 6 nitrogen and oxygen atoms in total. The average Bonchev–Trinajstić information content (AvgIpc) is 2.72. The zero-order chi connectivity index (χ0) is 20.8. The summed E-state index contributed by atoms with van der Waals surface area (Å²) >= 11 is 0. The van der Waals surface area contributed by atoms with E-state index in [-0.39, 0.29) is 5.92 Å². The van der Waals surface area contributed by atoms with E-state index >= 15 is 0 Å². The summed E-state index contributed by atoms with van der Waals surface area (Å²) in [5, 5.41) is 0. The molecular formula is C22H26O6. The van der Waals surface area contributed by atoms with Gasteiger partial charge in [-0.25, -0.2) is 4.79 Å². The van der Waals surface area contributed by atoms with E-state index in [1.54, 1.807) is 12.1 Å². The number of hydrogen-bond acceptors (Lipinski definition) is 6. The van der Waals surface area contributed by atoms with E-state index < -0.39 is 29.7 Å². The van der Waals surface area contributed by atoms with Crippen LogP contribution in [-0.2, 0) is 23.8 Å². The van der Waals surface area contributed by atoms with E-state index in [1.165, 1.54) is 21.3 Å². The maximum absolute atomic E-state index is 12.6. The van der Waals surface area contributed by atoms with E-state index in [0.717, 1.165) is 16.7 Å². The number of hydrogen-bond donors (Lipinski definition) is 0. The largest absolute Gasteiger partial charge is 0.469 e. The van der Waals surface area contributed by atoms with Crippen LogP contribution in [0, 0.1) is 17.8 Å². The molecule has 1 aliphatic rings. The molecule has 0 spiro atoms. The highest BCUT2D eigenvalue weighted by molar-refractivity contribution is 5.90. The van der Waals surface area contributed by atoms with Gasteiger partial charge in [0.15, 0.2) is 0 Å². The van der Waals surface area contributed by atoms with Crippen molar-refractivity contribution in [1.82, 2.24) is 0 Å². The van der Waals surface area contributed by atoms with Crippen LogP contribution >= 0.6 is 0 Å². The van der Waals surface area contributed by atoms with Crippen molar-refractivity contribution < 1.29 is 28.6 Å². The monoisotopic (exact) mass is 386 g/mol. The van der Waals surface area contributed by atoms with Gasteiger partial charge in [0.05, 0.1) is 38.7 Å². The first-order chi connectivity index (χ1) is 13.3. The van der Waals surface area contributed by atoms with Gasteiger partial charge in [0, 0.05) is 5.92 Å². The van der Waals surface area contributed by atoms with Crippen LogP contribution < -0.4 is 0 Å². The quantitative estimate of drug-likeness (QED) is 0.438. The fourth-order valence-corrected chi connectivity index (χ4v) is 3.72. The van der Waals surface area contributed by atoms with Crippen LogP contribution in [0.1, 0.15) is 36.2 Å². The molecule has 0 fully saturated rings. The molecule has 1 aliphatic carbocycles. The van der Waals surface area contributed by atoms with E-state index in [2.05, 4.69) is 0 Å². The Balaban J connectivity index is 2.51. The summed E-state index contributed by atoms with van der Waals surface area (Å²) in [5.74, 6) is -2.95. The summed E-state index contributed by atoms with van der Waals surface area (Å²) < 4.78 is 14.7. The first kappa shape index (κ1) is 21.4. The molecule has 1 aromatic rings. The Bertz CT molecular complexity index is 799. The minimum atomic E-state index is -0.687. The van der Waals surface area contributed by atoms with Gasteiger partial charge in [-0.2, -0.15) is 0 Å². The number of methoxy groups -OCH3 is 3. The molecule has 28 heavy (non-hydrogen) atoms. The van der Waals surface area contributed by atoms with Crippen LogP contribution in [0.25, 0.3) is 5.57 Å². The van der Waals surface area contributed by atoms with Crippen LogP contribution in [0.3, 0.4) is 0 Å². The molecule has 0 N–H and O–H groups in total. The molecule has 0 saturated carbocycles. The Labute approximate surface area is 165 Å². The topological polar surface area (TPSA) is 78.9 Å². The average molecular weight is 386 g/mol. The van der Waals surface area contributed by atoms with Gasteiger partial charge in [0.1, 0.15) is 0 Å². The van der Waals surface area contributed by atoms with Crippen molar-refractivity contribution in [2.75, 3.05) is 21.3 Å². The first-order valence-electron chi connectivity index (χ1n) is 9.04. The van der Waals surface area contributed by atoms with Gasteiger partial charge in [-0.3, -0.25) is 9.59 Å². The maximum atomic E-state index is 12.6. The molecule has 6 heteroatoms. The molecule has 0 amide bonds. The van der Waals surface area contributed by atoms with Crippen LogP contribution in [0.4, 0.5) is 0 Å². The lowest BCUT2D eigenvalue weighted by Crippen LogP contribution is -2.38. The molecule has 0 heterocycles. The Morgan fingerprint density at radius 1 is 0.857 bits per heavy atom. The minimum Gasteiger partial charge on any atom is -0.469 e. The van der Waals surface area contributed by atoms with Crippen molar-refractivity contribution in [2.45, 2.75) is 20.3 Å². The zero-order valence-electron chi connectivity index (χ0n) is 16.9. The van der Waals surface area contributed by atoms with Crippen molar-refractivity contribution in [3.8, 4) is 0 Å². The zero-order valence-corrected chi connectivity index (χ0v) is 16.9. The highest BCUT2D eigenvalue weighted by atomic mass is 16.5. The molecule has 0 saturated heterocycles. The predicted octanol–water partition coefficient (Wildman–Crippen LogP) is 3.42. The lowest BCUT2D eigenvalue weighted by molar-refractivity contribution is -0.158. The van der Waals surface area contributed by atoms with Gasteiger partial charge in [-0.05, 0) is 43.5 Å². The number of carbonyl (C=O) groups excluding carboxylic acids is 3.